The van der Waals surface area contributed by atoms with E-state index in [1.54, 1.807) is 65.1 Å². The molecule has 0 amide bonds. The summed E-state index contributed by atoms with van der Waals surface area (Å²) in [5.41, 5.74) is -5.95. The van der Waals surface area contributed by atoms with Crippen LogP contribution in [0.15, 0.2) is 41.5 Å². The van der Waals surface area contributed by atoms with Crippen LogP contribution in [-0.2, 0) is 32.7 Å². The molecule has 1 aromatic rings. The Labute approximate surface area is 271 Å². The summed E-state index contributed by atoms with van der Waals surface area (Å²) in [4.78, 5) is 41.9. The van der Waals surface area contributed by atoms with Crippen LogP contribution < -0.4 is 0 Å². The Morgan fingerprint density at radius 1 is 1.09 bits per heavy atom. The molecule has 11 nitrogen and oxygen atoms in total. The summed E-state index contributed by atoms with van der Waals surface area (Å²) in [6.07, 6.45) is -6.42. The van der Waals surface area contributed by atoms with E-state index >= 15 is 4.79 Å². The number of carbonyl (C=O) groups is 3. The lowest BCUT2D eigenvalue weighted by atomic mass is 9.44. The summed E-state index contributed by atoms with van der Waals surface area (Å²) in [7, 11) is -1.34. The van der Waals surface area contributed by atoms with Gasteiger partial charge in [-0.2, -0.15) is 0 Å². The number of aliphatic hydroxyl groups excluding tert-OH is 2. The van der Waals surface area contributed by atoms with E-state index in [1.807, 2.05) is 13.8 Å². The summed E-state index contributed by atoms with van der Waals surface area (Å²) >= 11 is 0. The van der Waals surface area contributed by atoms with Crippen LogP contribution >= 0.6 is 0 Å². The van der Waals surface area contributed by atoms with Crippen molar-refractivity contribution in [2.24, 2.45) is 16.7 Å². The van der Waals surface area contributed by atoms with Crippen LogP contribution in [0.25, 0.3) is 0 Å². The molecule has 1 aliphatic heterocycles. The minimum atomic E-state index is -2.92. The molecule has 1 saturated heterocycles. The molecule has 0 aromatic heterocycles. The maximum Gasteiger partial charge on any atom is 0.338 e. The predicted molar refractivity (Wildman–Crippen MR) is 168 cm³/mol. The third-order valence-electron chi connectivity index (χ3n) is 11.7. The monoisotopic (exact) mass is 660 g/mol. The molecule has 1 aromatic carbocycles. The van der Waals surface area contributed by atoms with Gasteiger partial charge in [-0.25, -0.2) is 4.79 Å². The lowest BCUT2D eigenvalue weighted by Crippen LogP contribution is -2.82. The average Bonchev–Trinajstić information content (AvgIpc) is 3.01. The van der Waals surface area contributed by atoms with Crippen molar-refractivity contribution < 1.29 is 52.8 Å². The Morgan fingerprint density at radius 2 is 1.72 bits per heavy atom. The Hall–Kier alpha value is -2.45. The molecule has 3 N–H and O–H groups in total. The topological polar surface area (TPSA) is 158 Å². The van der Waals surface area contributed by atoms with E-state index in [1.165, 1.54) is 6.92 Å². The van der Waals surface area contributed by atoms with Crippen molar-refractivity contribution in [2.45, 2.75) is 115 Å². The zero-order valence-corrected chi connectivity index (χ0v) is 29.0. The summed E-state index contributed by atoms with van der Waals surface area (Å²) in [5, 5.41) is 36.4. The second-order valence-electron chi connectivity index (χ2n) is 14.1. The van der Waals surface area contributed by atoms with Gasteiger partial charge in [0.25, 0.3) is 0 Å². The molecule has 1 heterocycles. The quantitative estimate of drug-likeness (QED) is 0.214. The van der Waals surface area contributed by atoms with Crippen LogP contribution in [0.4, 0.5) is 0 Å². The van der Waals surface area contributed by atoms with Crippen molar-refractivity contribution in [2.75, 3.05) is 13.7 Å². The van der Waals surface area contributed by atoms with Gasteiger partial charge in [0, 0.05) is 32.3 Å². The molecule has 9 atom stereocenters. The molecule has 3 aliphatic carbocycles. The number of rotatable bonds is 8. The molecular weight excluding hydrogens is 612 g/mol. The summed E-state index contributed by atoms with van der Waals surface area (Å²) in [6.45, 7) is 11.6. The SMILES string of the molecule is CC[Si](CC)(OC)O[C@H]1C[C@H]2OC[C@@]2(OC(C)=O)[C@H]2[C@H](OC(=O)c3ccccc3)[C@]3(O)C[C@H](O)C(C)=C([C@@H](O)C(=O)[C@]12C)C3(C)C. The number of ether oxygens (including phenoxy) is 3. The molecule has 0 radical (unpaired) electrons. The third kappa shape index (κ3) is 4.86. The normalized spacial score (nSPS) is 38.5. The third-order valence-corrected chi connectivity index (χ3v) is 15.3. The Kier molecular flexibility index (Phi) is 9.02. The first-order valence-corrected chi connectivity index (χ1v) is 18.4. The number of carbonyl (C=O) groups excluding carboxylic acids is 3. The number of ketones is 1. The van der Waals surface area contributed by atoms with Gasteiger partial charge in [-0.1, -0.05) is 45.9 Å². The molecule has 3 fully saturated rings. The minimum absolute atomic E-state index is 0.124. The summed E-state index contributed by atoms with van der Waals surface area (Å²) < 4.78 is 31.4. The lowest BCUT2D eigenvalue weighted by Gasteiger charge is -2.68. The highest BCUT2D eigenvalue weighted by molar-refractivity contribution is 6.67. The largest absolute Gasteiger partial charge is 0.455 e. The zero-order valence-electron chi connectivity index (χ0n) is 28.0. The van der Waals surface area contributed by atoms with E-state index in [9.17, 15) is 24.9 Å². The molecule has 0 spiro atoms. The van der Waals surface area contributed by atoms with Crippen LogP contribution in [0, 0.1) is 16.7 Å². The number of hydrogen-bond acceptors (Lipinski definition) is 11. The van der Waals surface area contributed by atoms with Crippen LogP contribution in [0.2, 0.25) is 12.1 Å². The van der Waals surface area contributed by atoms with Crippen molar-refractivity contribution in [3.8, 4) is 0 Å². The smallest absolute Gasteiger partial charge is 0.338 e. The first-order chi connectivity index (χ1) is 21.5. The Bertz CT molecular complexity index is 1400. The van der Waals surface area contributed by atoms with Gasteiger partial charge in [-0.15, -0.1) is 0 Å². The first-order valence-electron chi connectivity index (χ1n) is 16.1. The highest BCUT2D eigenvalue weighted by atomic mass is 28.4. The van der Waals surface area contributed by atoms with Crippen molar-refractivity contribution in [3.05, 3.63) is 47.0 Å². The molecule has 2 bridgehead atoms. The van der Waals surface area contributed by atoms with Gasteiger partial charge >= 0.3 is 20.5 Å². The second-order valence-corrected chi connectivity index (χ2v) is 18.0. The predicted octanol–water partition coefficient (Wildman–Crippen LogP) is 3.23. The van der Waals surface area contributed by atoms with Crippen molar-refractivity contribution in [3.63, 3.8) is 0 Å². The molecule has 254 valence electrons. The maximum absolute atomic E-state index is 15.1. The van der Waals surface area contributed by atoms with Crippen LogP contribution in [0.5, 0.6) is 0 Å². The number of fused-ring (bicyclic) bond motifs is 5. The molecule has 12 heteroatoms. The molecule has 5 rings (SSSR count). The van der Waals surface area contributed by atoms with Crippen LogP contribution in [0.3, 0.4) is 0 Å². The van der Waals surface area contributed by atoms with Crippen molar-refractivity contribution in [1.82, 2.24) is 0 Å². The van der Waals surface area contributed by atoms with Crippen LogP contribution in [-0.4, -0.2) is 97.0 Å². The van der Waals surface area contributed by atoms with E-state index in [2.05, 4.69) is 0 Å². The van der Waals surface area contributed by atoms with Gasteiger partial charge in [0.05, 0.1) is 35.7 Å². The number of benzene rings is 1. The first kappa shape index (κ1) is 34.9. The molecule has 2 saturated carbocycles. The Balaban J connectivity index is 1.84. The van der Waals surface area contributed by atoms with Crippen molar-refractivity contribution in [1.29, 1.82) is 0 Å². The molecular formula is C34H48O11Si. The van der Waals surface area contributed by atoms with Gasteiger partial charge in [-0.05, 0) is 49.2 Å². The number of hydrogen-bond donors (Lipinski definition) is 3. The van der Waals surface area contributed by atoms with Crippen LogP contribution in [0.1, 0.15) is 71.7 Å². The fraction of sp³-hybridized carbons (Fsp3) is 0.676. The average molecular weight is 661 g/mol. The minimum Gasteiger partial charge on any atom is -0.455 e. The van der Waals surface area contributed by atoms with Gasteiger partial charge in [0.15, 0.2) is 11.4 Å². The lowest BCUT2D eigenvalue weighted by molar-refractivity contribution is -0.345. The fourth-order valence-electron chi connectivity index (χ4n) is 8.82. The van der Waals surface area contributed by atoms with E-state index in [-0.39, 0.29) is 30.6 Å². The molecule has 46 heavy (non-hydrogen) atoms. The molecule has 4 aliphatic rings. The van der Waals surface area contributed by atoms with E-state index < -0.39 is 84.8 Å². The summed E-state index contributed by atoms with van der Waals surface area (Å²) in [6, 6.07) is 9.38. The number of esters is 2. The van der Waals surface area contributed by atoms with Gasteiger partial charge in [-0.3, -0.25) is 9.59 Å². The van der Waals surface area contributed by atoms with E-state index in [0.29, 0.717) is 17.7 Å². The summed E-state index contributed by atoms with van der Waals surface area (Å²) in [5.74, 6) is -3.32. The van der Waals surface area contributed by atoms with Gasteiger partial charge < -0.3 is 38.4 Å². The van der Waals surface area contributed by atoms with Gasteiger partial charge in [0.2, 0.25) is 0 Å². The highest BCUT2D eigenvalue weighted by Gasteiger charge is 2.78. The fourth-order valence-corrected chi connectivity index (χ4v) is 11.2. The van der Waals surface area contributed by atoms with E-state index in [4.69, 9.17) is 23.1 Å². The molecule has 0 unspecified atom stereocenters. The van der Waals surface area contributed by atoms with E-state index in [0.717, 1.165) is 0 Å². The Morgan fingerprint density at radius 3 is 2.24 bits per heavy atom. The number of Topliss-reactive ketones (excluding diaryl/α,β-unsaturated/α-hetero) is 1. The maximum atomic E-state index is 15.1. The van der Waals surface area contributed by atoms with Crippen molar-refractivity contribution >= 4 is 26.3 Å². The second kappa shape index (κ2) is 11.9. The highest BCUT2D eigenvalue weighted by Crippen LogP contribution is 2.64. The zero-order chi connectivity index (χ0) is 34.0. The number of aliphatic hydroxyl groups is 3. The van der Waals surface area contributed by atoms with Gasteiger partial charge in [0.1, 0.15) is 23.9 Å². The standard InChI is InChI=1S/C34H48O11Si/c1-9-46(10-2,41-8)45-23-16-24-33(18-42-24,44-20(4)35)27-29(43-30(39)21-14-12-11-13-15-21)34(40)17-22(36)19(3)25(31(34,5)6)26(37)28(38)32(23,27)7/h11-15,22-24,26-27,29,36-37,40H,9-10,16-18H2,1-8H3/t22-,23-,24+,26+,27-,29-,32+,33-,34+/m0/s1.